The average molecular weight is 421 g/mol. The van der Waals surface area contributed by atoms with E-state index in [0.717, 1.165) is 28.1 Å². The van der Waals surface area contributed by atoms with Gasteiger partial charge in [0.15, 0.2) is 0 Å². The number of hydrazone groups is 1. The van der Waals surface area contributed by atoms with Crippen LogP contribution >= 0.6 is 35.3 Å². The molecule has 1 aliphatic rings. The molecule has 138 valence electrons. The van der Waals surface area contributed by atoms with Crippen LogP contribution in [0.15, 0.2) is 52.9 Å². The Morgan fingerprint density at radius 3 is 2.70 bits per heavy atom. The highest BCUT2D eigenvalue weighted by Crippen LogP contribution is 2.31. The van der Waals surface area contributed by atoms with Crippen LogP contribution in [0.1, 0.15) is 17.5 Å². The van der Waals surface area contributed by atoms with Crippen LogP contribution in [0.25, 0.3) is 11.3 Å². The van der Waals surface area contributed by atoms with E-state index in [9.17, 15) is 10.1 Å². The van der Waals surface area contributed by atoms with E-state index in [-0.39, 0.29) is 23.0 Å². The fourth-order valence-corrected chi connectivity index (χ4v) is 3.75. The summed E-state index contributed by atoms with van der Waals surface area (Å²) in [6, 6.07) is 12.6. The summed E-state index contributed by atoms with van der Waals surface area (Å²) < 4.78 is 0. The largest absolute Gasteiger partial charge is 0.273 e. The van der Waals surface area contributed by atoms with Gasteiger partial charge in [-0.2, -0.15) is 5.10 Å². The van der Waals surface area contributed by atoms with Crippen molar-refractivity contribution in [2.24, 2.45) is 5.10 Å². The lowest BCUT2D eigenvalue weighted by Crippen LogP contribution is -2.00. The number of nitrogens with zero attached hydrogens (tertiary/aromatic N) is 3. The van der Waals surface area contributed by atoms with Crippen LogP contribution in [0, 0.1) is 10.1 Å². The van der Waals surface area contributed by atoms with Gasteiger partial charge in [0.1, 0.15) is 0 Å². The second kappa shape index (κ2) is 8.04. The van der Waals surface area contributed by atoms with E-state index < -0.39 is 0 Å². The molecule has 0 saturated carbocycles. The van der Waals surface area contributed by atoms with Gasteiger partial charge in [0.25, 0.3) is 5.69 Å². The van der Waals surface area contributed by atoms with Gasteiger partial charge in [0.05, 0.1) is 16.3 Å². The maximum Gasteiger partial charge on any atom is 0.273 e. The Morgan fingerprint density at radius 1 is 1.19 bits per heavy atom. The predicted octanol–water partition coefficient (Wildman–Crippen LogP) is 5.56. The van der Waals surface area contributed by atoms with E-state index in [1.807, 2.05) is 35.7 Å². The summed E-state index contributed by atoms with van der Waals surface area (Å²) in [4.78, 5) is 15.3. The molecule has 2 aromatic carbocycles. The van der Waals surface area contributed by atoms with Crippen LogP contribution in [0.2, 0.25) is 5.02 Å². The fraction of sp³-hybridized carbons (Fsp3) is 0.111. The first-order chi connectivity index (χ1) is 12.6. The summed E-state index contributed by atoms with van der Waals surface area (Å²) in [7, 11) is 0. The number of thiazole rings is 1. The van der Waals surface area contributed by atoms with E-state index in [1.165, 1.54) is 17.4 Å². The zero-order valence-corrected chi connectivity index (χ0v) is 16.3. The number of aromatic nitrogens is 1. The quantitative estimate of drug-likeness (QED) is 0.442. The van der Waals surface area contributed by atoms with E-state index >= 15 is 0 Å². The molecule has 27 heavy (non-hydrogen) atoms. The Kier molecular flexibility index (Phi) is 5.74. The molecule has 0 radical (unpaired) electrons. The van der Waals surface area contributed by atoms with Crippen molar-refractivity contribution in [3.63, 3.8) is 0 Å². The lowest BCUT2D eigenvalue weighted by molar-refractivity contribution is -0.385. The lowest BCUT2D eigenvalue weighted by Gasteiger charge is -2.01. The third-order valence-electron chi connectivity index (χ3n) is 4.20. The highest BCUT2D eigenvalue weighted by atomic mass is 35.5. The summed E-state index contributed by atoms with van der Waals surface area (Å²) in [5, 5.41) is 18.9. The molecule has 1 N–H and O–H groups in total. The summed E-state index contributed by atoms with van der Waals surface area (Å²) in [6.45, 7) is 0. The maximum atomic E-state index is 11.1. The van der Waals surface area contributed by atoms with Gasteiger partial charge in [-0.15, -0.1) is 23.7 Å². The van der Waals surface area contributed by atoms with E-state index in [4.69, 9.17) is 11.6 Å². The van der Waals surface area contributed by atoms with Gasteiger partial charge in [-0.3, -0.25) is 15.5 Å². The highest BCUT2D eigenvalue weighted by Gasteiger charge is 2.25. The normalized spacial score (nSPS) is 13.9. The van der Waals surface area contributed by atoms with Crippen molar-refractivity contribution < 1.29 is 4.92 Å². The Morgan fingerprint density at radius 2 is 1.96 bits per heavy atom. The van der Waals surface area contributed by atoms with Crippen molar-refractivity contribution in [3.05, 3.63) is 74.1 Å². The minimum absolute atomic E-state index is 0. The molecular weight excluding hydrogens is 407 g/mol. The van der Waals surface area contributed by atoms with Crippen molar-refractivity contribution in [3.8, 4) is 11.3 Å². The molecule has 3 aromatic rings. The number of halogens is 2. The molecule has 6 nitrogen and oxygen atoms in total. The van der Waals surface area contributed by atoms with Crippen LogP contribution in [0.5, 0.6) is 0 Å². The van der Waals surface area contributed by atoms with Gasteiger partial charge >= 0.3 is 0 Å². The zero-order chi connectivity index (χ0) is 18.1. The third kappa shape index (κ3) is 3.95. The molecule has 1 aromatic heterocycles. The molecule has 0 amide bonds. The molecule has 0 fully saturated rings. The van der Waals surface area contributed by atoms with Gasteiger partial charge in [-0.25, -0.2) is 4.98 Å². The molecule has 0 bridgehead atoms. The Labute approximate surface area is 170 Å². The van der Waals surface area contributed by atoms with E-state index in [1.54, 1.807) is 6.07 Å². The van der Waals surface area contributed by atoms with Crippen molar-refractivity contribution in [1.29, 1.82) is 0 Å². The first-order valence-electron chi connectivity index (χ1n) is 7.92. The van der Waals surface area contributed by atoms with Gasteiger partial charge in [0.2, 0.25) is 5.13 Å². The molecule has 1 heterocycles. The molecule has 1 aliphatic carbocycles. The van der Waals surface area contributed by atoms with Gasteiger partial charge in [0, 0.05) is 33.2 Å². The Balaban J connectivity index is 0.00000210. The van der Waals surface area contributed by atoms with Crippen molar-refractivity contribution in [2.45, 2.75) is 12.8 Å². The maximum absolute atomic E-state index is 11.1. The number of nitrogens with one attached hydrogen (secondary N) is 1. The molecular formula is C18H14Cl2N4O2S. The highest BCUT2D eigenvalue weighted by molar-refractivity contribution is 7.14. The van der Waals surface area contributed by atoms with Crippen LogP contribution < -0.4 is 5.43 Å². The number of nitro groups is 1. The molecule has 0 atom stereocenters. The number of rotatable bonds is 4. The minimum atomic E-state index is -0.339. The van der Waals surface area contributed by atoms with E-state index in [0.29, 0.717) is 23.0 Å². The second-order valence-corrected chi connectivity index (χ2v) is 7.07. The van der Waals surface area contributed by atoms with Crippen LogP contribution in [0.3, 0.4) is 0 Å². The Bertz CT molecular complexity index is 1020. The number of hydrogen-bond acceptors (Lipinski definition) is 6. The SMILES string of the molecule is Cl.O=[N+]([O-])c1cccc2c1CC/C2=N\Nc1nc(-c2ccc(Cl)cc2)cs1. The fourth-order valence-electron chi connectivity index (χ4n) is 2.97. The third-order valence-corrected chi connectivity index (χ3v) is 5.20. The van der Waals surface area contributed by atoms with Crippen LogP contribution in [-0.4, -0.2) is 15.6 Å². The number of hydrogen-bond donors (Lipinski definition) is 1. The van der Waals surface area contributed by atoms with Gasteiger partial charge < -0.3 is 0 Å². The monoisotopic (exact) mass is 420 g/mol. The minimum Gasteiger partial charge on any atom is -0.258 e. The summed E-state index contributed by atoms with van der Waals surface area (Å²) in [5.41, 5.74) is 7.36. The Hall–Kier alpha value is -2.48. The number of anilines is 1. The second-order valence-electron chi connectivity index (χ2n) is 5.78. The average Bonchev–Trinajstić information content (AvgIpc) is 3.27. The number of benzene rings is 2. The summed E-state index contributed by atoms with van der Waals surface area (Å²) >= 11 is 7.36. The summed E-state index contributed by atoms with van der Waals surface area (Å²) in [5.74, 6) is 0. The predicted molar refractivity (Wildman–Crippen MR) is 111 cm³/mol. The molecule has 0 aliphatic heterocycles. The first kappa shape index (κ1) is 19.3. The van der Waals surface area contributed by atoms with Crippen molar-refractivity contribution >= 4 is 51.9 Å². The summed E-state index contributed by atoms with van der Waals surface area (Å²) in [6.07, 6.45) is 1.30. The van der Waals surface area contributed by atoms with Crippen molar-refractivity contribution in [2.75, 3.05) is 5.43 Å². The standard InChI is InChI=1S/C18H13ClN4O2S.ClH/c19-12-6-4-11(5-7-12)16-10-26-18(20-16)22-21-15-9-8-14-13(15)2-1-3-17(14)23(24)25;/h1-7,10H,8-9H2,(H,20,22);1H/b21-15+;. The van der Waals surface area contributed by atoms with Gasteiger partial charge in [-0.05, 0) is 25.0 Å². The lowest BCUT2D eigenvalue weighted by atomic mass is 10.1. The molecule has 9 heteroatoms. The zero-order valence-electron chi connectivity index (χ0n) is 13.9. The first-order valence-corrected chi connectivity index (χ1v) is 9.18. The number of fused-ring (bicyclic) bond motifs is 1. The van der Waals surface area contributed by atoms with E-state index in [2.05, 4.69) is 15.5 Å². The van der Waals surface area contributed by atoms with Gasteiger partial charge in [-0.1, -0.05) is 35.9 Å². The van der Waals surface area contributed by atoms with Crippen LogP contribution in [0.4, 0.5) is 10.8 Å². The van der Waals surface area contributed by atoms with Crippen LogP contribution in [-0.2, 0) is 6.42 Å². The molecule has 4 rings (SSSR count). The topological polar surface area (TPSA) is 80.4 Å². The molecule has 0 spiro atoms. The smallest absolute Gasteiger partial charge is 0.258 e. The number of nitro benzene ring substituents is 1. The molecule has 0 saturated heterocycles. The molecule has 0 unspecified atom stereocenters. The van der Waals surface area contributed by atoms with Crippen molar-refractivity contribution in [1.82, 2.24) is 4.98 Å².